The van der Waals surface area contributed by atoms with E-state index in [1.165, 1.54) is 11.1 Å². The van der Waals surface area contributed by atoms with Crippen LogP contribution in [0.3, 0.4) is 0 Å². The van der Waals surface area contributed by atoms with Crippen LogP contribution >= 0.6 is 11.3 Å². The van der Waals surface area contributed by atoms with Crippen LogP contribution in [0.1, 0.15) is 22.5 Å². The third-order valence-electron chi connectivity index (χ3n) is 2.72. The first kappa shape index (κ1) is 10.2. The van der Waals surface area contributed by atoms with Crippen molar-refractivity contribution >= 4 is 11.3 Å². The van der Waals surface area contributed by atoms with Crippen molar-refractivity contribution in [2.75, 3.05) is 0 Å². The molecule has 0 saturated carbocycles. The van der Waals surface area contributed by atoms with Crippen LogP contribution in [0.4, 0.5) is 0 Å². The molecule has 0 bridgehead atoms. The van der Waals surface area contributed by atoms with Gasteiger partial charge in [0.1, 0.15) is 5.69 Å². The van der Waals surface area contributed by atoms with Crippen LogP contribution in [0.5, 0.6) is 0 Å². The molecule has 0 aliphatic carbocycles. The Hall–Kier alpha value is -1.29. The summed E-state index contributed by atoms with van der Waals surface area (Å²) in [6.07, 6.45) is 0. The van der Waals surface area contributed by atoms with Crippen LogP contribution in [-0.2, 0) is 0 Å². The minimum Gasteiger partial charge on any atom is -0.249 e. The molecule has 0 aliphatic rings. The number of hydrogen-bond donors (Lipinski definition) is 0. The molecule has 3 nitrogen and oxygen atoms in total. The van der Waals surface area contributed by atoms with E-state index in [0.29, 0.717) is 0 Å². The molecule has 0 N–H and O–H groups in total. The monoisotopic (exact) mass is 219 g/mol. The Morgan fingerprint density at radius 3 is 2.27 bits per heavy atom. The van der Waals surface area contributed by atoms with Gasteiger partial charge in [0, 0.05) is 0 Å². The lowest BCUT2D eigenvalue weighted by Gasteiger charge is -2.07. The van der Waals surface area contributed by atoms with Crippen LogP contribution in [0.25, 0.3) is 10.6 Å². The van der Waals surface area contributed by atoms with Gasteiger partial charge in [0.05, 0.1) is 21.8 Å². The molecule has 15 heavy (non-hydrogen) atoms. The van der Waals surface area contributed by atoms with Crippen molar-refractivity contribution in [1.82, 2.24) is 15.2 Å². The molecule has 0 atom stereocenters. The molecule has 2 aromatic heterocycles. The average molecular weight is 219 g/mol. The van der Waals surface area contributed by atoms with Crippen LogP contribution in [0, 0.1) is 27.7 Å². The maximum atomic E-state index is 4.26. The lowest BCUT2D eigenvalue weighted by atomic mass is 10.1. The molecule has 0 fully saturated rings. The van der Waals surface area contributed by atoms with Gasteiger partial charge >= 0.3 is 0 Å². The zero-order chi connectivity index (χ0) is 11.0. The van der Waals surface area contributed by atoms with Crippen molar-refractivity contribution in [3.8, 4) is 10.6 Å². The molecule has 0 aromatic carbocycles. The Morgan fingerprint density at radius 1 is 0.933 bits per heavy atom. The summed E-state index contributed by atoms with van der Waals surface area (Å²) in [5.74, 6) is 0. The largest absolute Gasteiger partial charge is 0.249 e. The van der Waals surface area contributed by atoms with Gasteiger partial charge in [-0.3, -0.25) is 0 Å². The third-order valence-corrected chi connectivity index (χ3v) is 3.66. The van der Waals surface area contributed by atoms with Gasteiger partial charge in [-0.2, -0.15) is 5.10 Å². The van der Waals surface area contributed by atoms with Crippen LogP contribution in [-0.4, -0.2) is 15.2 Å². The Kier molecular flexibility index (Phi) is 2.52. The van der Waals surface area contributed by atoms with E-state index < -0.39 is 0 Å². The fourth-order valence-electron chi connectivity index (χ4n) is 1.47. The van der Waals surface area contributed by atoms with E-state index in [0.717, 1.165) is 22.0 Å². The predicted molar refractivity (Wildman–Crippen MR) is 62.1 cm³/mol. The maximum absolute atomic E-state index is 4.26. The van der Waals surface area contributed by atoms with Crippen molar-refractivity contribution in [3.05, 3.63) is 28.0 Å². The highest BCUT2D eigenvalue weighted by molar-refractivity contribution is 7.13. The highest BCUT2D eigenvalue weighted by Gasteiger charge is 2.12. The first-order valence-corrected chi connectivity index (χ1v) is 5.70. The quantitative estimate of drug-likeness (QED) is 0.740. The van der Waals surface area contributed by atoms with E-state index in [2.05, 4.69) is 29.0 Å². The fraction of sp³-hybridized carbons (Fsp3) is 0.364. The van der Waals surface area contributed by atoms with Gasteiger partial charge in [-0.1, -0.05) is 0 Å². The molecule has 0 amide bonds. The normalized spacial score (nSPS) is 10.7. The van der Waals surface area contributed by atoms with E-state index in [9.17, 15) is 0 Å². The maximum Gasteiger partial charge on any atom is 0.108 e. The molecule has 78 valence electrons. The molecule has 2 heterocycles. The SMILES string of the molecule is Cc1ncsc1-c1nnc(C)c(C)c1C. The number of rotatable bonds is 1. The van der Waals surface area contributed by atoms with E-state index in [4.69, 9.17) is 0 Å². The summed E-state index contributed by atoms with van der Waals surface area (Å²) in [7, 11) is 0. The second-order valence-electron chi connectivity index (χ2n) is 3.65. The molecule has 0 aliphatic heterocycles. The average Bonchev–Trinajstić information content (AvgIpc) is 2.62. The summed E-state index contributed by atoms with van der Waals surface area (Å²) in [6.45, 7) is 8.16. The lowest BCUT2D eigenvalue weighted by molar-refractivity contribution is 0.952. The Bertz CT molecular complexity index is 503. The minimum atomic E-state index is 0.970. The molecule has 2 aromatic rings. The van der Waals surface area contributed by atoms with Gasteiger partial charge in [-0.15, -0.1) is 16.4 Å². The number of nitrogens with zero attached hydrogens (tertiary/aromatic N) is 3. The van der Waals surface area contributed by atoms with Crippen molar-refractivity contribution < 1.29 is 0 Å². The molecular formula is C11H13N3S. The number of thiazole rings is 1. The number of aryl methyl sites for hydroxylation is 2. The molecule has 0 radical (unpaired) electrons. The molecule has 4 heteroatoms. The van der Waals surface area contributed by atoms with Gasteiger partial charge in [-0.25, -0.2) is 4.98 Å². The summed E-state index contributed by atoms with van der Waals surface area (Å²) in [4.78, 5) is 5.36. The van der Waals surface area contributed by atoms with Gasteiger partial charge < -0.3 is 0 Å². The van der Waals surface area contributed by atoms with Gasteiger partial charge in [0.25, 0.3) is 0 Å². The first-order chi connectivity index (χ1) is 7.11. The topological polar surface area (TPSA) is 38.7 Å². The van der Waals surface area contributed by atoms with E-state index in [1.54, 1.807) is 11.3 Å². The Morgan fingerprint density at radius 2 is 1.67 bits per heavy atom. The van der Waals surface area contributed by atoms with Crippen LogP contribution in [0.2, 0.25) is 0 Å². The zero-order valence-corrected chi connectivity index (χ0v) is 10.1. The van der Waals surface area contributed by atoms with Crippen molar-refractivity contribution in [2.45, 2.75) is 27.7 Å². The van der Waals surface area contributed by atoms with E-state index >= 15 is 0 Å². The second-order valence-corrected chi connectivity index (χ2v) is 4.51. The summed E-state index contributed by atoms with van der Waals surface area (Å²) in [5, 5.41) is 8.43. The smallest absolute Gasteiger partial charge is 0.108 e. The highest BCUT2D eigenvalue weighted by Crippen LogP contribution is 2.29. The fourth-order valence-corrected chi connectivity index (χ4v) is 2.31. The van der Waals surface area contributed by atoms with Crippen LogP contribution < -0.4 is 0 Å². The second kappa shape index (κ2) is 3.70. The van der Waals surface area contributed by atoms with Gasteiger partial charge in [0.2, 0.25) is 0 Å². The predicted octanol–water partition coefficient (Wildman–Crippen LogP) is 2.83. The number of hydrogen-bond acceptors (Lipinski definition) is 4. The van der Waals surface area contributed by atoms with Crippen molar-refractivity contribution in [1.29, 1.82) is 0 Å². The standard InChI is InChI=1S/C11H13N3S/c1-6-7(2)10(14-13-8(6)3)11-9(4)12-5-15-11/h5H,1-4H3. The lowest BCUT2D eigenvalue weighted by Crippen LogP contribution is -1.98. The third kappa shape index (κ3) is 1.65. The summed E-state index contributed by atoms with van der Waals surface area (Å²) in [5.41, 5.74) is 7.26. The molecule has 0 spiro atoms. The Balaban J connectivity index is 2.65. The van der Waals surface area contributed by atoms with Crippen molar-refractivity contribution in [2.24, 2.45) is 0 Å². The summed E-state index contributed by atoms with van der Waals surface area (Å²) in [6, 6.07) is 0. The highest BCUT2D eigenvalue weighted by atomic mass is 32.1. The Labute approximate surface area is 93.2 Å². The summed E-state index contributed by atoms with van der Waals surface area (Å²) < 4.78 is 0. The van der Waals surface area contributed by atoms with E-state index in [1.807, 2.05) is 19.4 Å². The first-order valence-electron chi connectivity index (χ1n) is 4.82. The van der Waals surface area contributed by atoms with Crippen molar-refractivity contribution in [3.63, 3.8) is 0 Å². The van der Waals surface area contributed by atoms with Gasteiger partial charge in [-0.05, 0) is 38.8 Å². The molecular weight excluding hydrogens is 206 g/mol. The van der Waals surface area contributed by atoms with Gasteiger partial charge in [0.15, 0.2) is 0 Å². The summed E-state index contributed by atoms with van der Waals surface area (Å²) >= 11 is 1.62. The van der Waals surface area contributed by atoms with Crippen LogP contribution in [0.15, 0.2) is 5.51 Å². The zero-order valence-electron chi connectivity index (χ0n) is 9.33. The molecule has 0 saturated heterocycles. The molecule has 0 unspecified atom stereocenters. The molecule has 2 rings (SSSR count). The number of aromatic nitrogens is 3. The van der Waals surface area contributed by atoms with E-state index in [-0.39, 0.29) is 0 Å². The minimum absolute atomic E-state index is 0.970.